The van der Waals surface area contributed by atoms with E-state index in [1.165, 1.54) is 24.8 Å². The maximum Gasteiger partial charge on any atom is 0 e. The van der Waals surface area contributed by atoms with Gasteiger partial charge in [-0.2, -0.15) is 0 Å². The van der Waals surface area contributed by atoms with Crippen LogP contribution < -0.4 is 0 Å². The van der Waals surface area contributed by atoms with Gasteiger partial charge in [0, 0.05) is 37.2 Å². The van der Waals surface area contributed by atoms with Crippen molar-refractivity contribution >= 4 is 37.2 Å². The highest BCUT2D eigenvalue weighted by Crippen LogP contribution is 2.10. The Morgan fingerprint density at radius 2 is 1.17 bits per heavy atom. The van der Waals surface area contributed by atoms with E-state index in [0.29, 0.717) is 11.8 Å². The highest BCUT2D eigenvalue weighted by molar-refractivity contribution is 15.0. The van der Waals surface area contributed by atoms with Gasteiger partial charge in [0.2, 0.25) is 0 Å². The second-order valence-electron chi connectivity index (χ2n) is 7.48. The molecule has 0 aromatic heterocycles. The van der Waals surface area contributed by atoms with Crippen LogP contribution in [-0.2, 0) is 0 Å². The van der Waals surface area contributed by atoms with E-state index in [4.69, 9.17) is 0 Å². The Kier molecular flexibility index (Phi) is 31.6. The van der Waals surface area contributed by atoms with Gasteiger partial charge < -0.3 is 0 Å². The van der Waals surface area contributed by atoms with Gasteiger partial charge in [-0.05, 0) is 30.6 Å². The summed E-state index contributed by atoms with van der Waals surface area (Å²) in [6.45, 7) is 20.1. The molecule has 0 radical (unpaired) electrons. The fraction of sp³-hybridized carbons (Fsp3) is 0.810. The van der Waals surface area contributed by atoms with Crippen LogP contribution in [0.2, 0.25) is 0 Å². The monoisotopic (exact) mass is 550 g/mol. The Hall–Kier alpha value is 0.940. The first-order valence-corrected chi connectivity index (χ1v) is 14.9. The molecule has 0 aliphatic heterocycles. The molecule has 0 saturated carbocycles. The fourth-order valence-corrected chi connectivity index (χ4v) is 1.86. The molecule has 142 valence electrons. The topological polar surface area (TPSA) is 0 Å². The summed E-state index contributed by atoms with van der Waals surface area (Å²) in [7, 11) is 0. The predicted molar refractivity (Wildman–Crippen MR) is 131 cm³/mol. The molecule has 0 fully saturated rings. The van der Waals surface area contributed by atoms with Gasteiger partial charge in [0.25, 0.3) is 0 Å². The van der Waals surface area contributed by atoms with Gasteiger partial charge in [0.05, 0.1) is 0 Å². The molecule has 0 heterocycles. The van der Waals surface area contributed by atoms with Gasteiger partial charge in [-0.1, -0.05) is 106 Å². The lowest BCUT2D eigenvalue weighted by molar-refractivity contribution is 0.480. The standard InChI is InChI=1S/C11H20.C9H20.CH4.I2/c1-9(2)6-7-11(5)8-10(3)4;1-8(2)6-5-7-9(3)4;;1-2/h6-10H,1-5H3;8-9H,5-7H2,1-4H3;1H4;/b7-6-,11-8-;;;. The maximum absolute atomic E-state index is 2.29. The van der Waals surface area contributed by atoms with Crippen molar-refractivity contribution in [2.45, 2.75) is 89.0 Å². The molecule has 0 aromatic rings. The molecule has 0 bridgehead atoms. The zero-order valence-corrected chi connectivity index (χ0v) is 20.7. The molecule has 0 rings (SSSR count). The molecule has 0 amide bonds. The molecular weight excluding hydrogens is 506 g/mol. The molecule has 2 heteroatoms. The minimum atomic E-state index is 0. The van der Waals surface area contributed by atoms with Crippen molar-refractivity contribution in [3.05, 3.63) is 23.8 Å². The summed E-state index contributed by atoms with van der Waals surface area (Å²) in [5, 5.41) is 0. The highest BCUT2D eigenvalue weighted by atomic mass is 128. The van der Waals surface area contributed by atoms with E-state index in [0.717, 1.165) is 11.8 Å². The summed E-state index contributed by atoms with van der Waals surface area (Å²) >= 11 is 4.24. The zero-order chi connectivity index (χ0) is 18.1. The van der Waals surface area contributed by atoms with Crippen molar-refractivity contribution in [3.8, 4) is 0 Å². The van der Waals surface area contributed by atoms with Crippen LogP contribution in [0.3, 0.4) is 0 Å². The molecule has 0 aliphatic carbocycles. The minimum Gasteiger partial charge on any atom is -0.0817 e. The summed E-state index contributed by atoms with van der Waals surface area (Å²) in [5.74, 6) is 3.10. The lowest BCUT2D eigenvalue weighted by atomic mass is 10.0. The van der Waals surface area contributed by atoms with E-state index in [1.807, 2.05) is 0 Å². The van der Waals surface area contributed by atoms with E-state index in [2.05, 4.69) is 118 Å². The lowest BCUT2D eigenvalue weighted by Crippen LogP contribution is -1.90. The third-order valence-electron chi connectivity index (χ3n) is 2.90. The van der Waals surface area contributed by atoms with E-state index < -0.39 is 0 Å². The Labute approximate surface area is 172 Å². The smallest absolute Gasteiger partial charge is 0 e. The van der Waals surface area contributed by atoms with Crippen molar-refractivity contribution in [1.82, 2.24) is 0 Å². The van der Waals surface area contributed by atoms with Crippen LogP contribution in [0.4, 0.5) is 0 Å². The number of rotatable bonds is 7. The summed E-state index contributed by atoms with van der Waals surface area (Å²) in [6, 6.07) is 0. The van der Waals surface area contributed by atoms with E-state index in [1.54, 1.807) is 0 Å². The van der Waals surface area contributed by atoms with E-state index in [9.17, 15) is 0 Å². The van der Waals surface area contributed by atoms with Gasteiger partial charge >= 0.3 is 0 Å². The molecule has 0 nitrogen and oxygen atoms in total. The van der Waals surface area contributed by atoms with E-state index in [-0.39, 0.29) is 7.43 Å². The van der Waals surface area contributed by atoms with Crippen LogP contribution in [0.5, 0.6) is 0 Å². The van der Waals surface area contributed by atoms with Crippen molar-refractivity contribution < 1.29 is 0 Å². The maximum atomic E-state index is 2.29. The van der Waals surface area contributed by atoms with Gasteiger partial charge in [0.1, 0.15) is 0 Å². The van der Waals surface area contributed by atoms with Crippen LogP contribution in [0.25, 0.3) is 0 Å². The first-order chi connectivity index (χ1) is 10.1. The van der Waals surface area contributed by atoms with Gasteiger partial charge in [0.15, 0.2) is 0 Å². The van der Waals surface area contributed by atoms with Crippen LogP contribution >= 0.6 is 37.2 Å². The minimum absolute atomic E-state index is 0. The Morgan fingerprint density at radius 1 is 0.783 bits per heavy atom. The van der Waals surface area contributed by atoms with Crippen molar-refractivity contribution in [2.24, 2.45) is 23.7 Å². The number of hydrogen-bond acceptors (Lipinski definition) is 0. The van der Waals surface area contributed by atoms with Gasteiger partial charge in [-0.25, -0.2) is 0 Å². The first kappa shape index (κ1) is 31.7. The average molecular weight is 550 g/mol. The molecule has 0 unspecified atom stereocenters. The summed E-state index contributed by atoms with van der Waals surface area (Å²) < 4.78 is 0. The van der Waals surface area contributed by atoms with Crippen LogP contribution in [0, 0.1) is 23.7 Å². The van der Waals surface area contributed by atoms with Crippen molar-refractivity contribution in [3.63, 3.8) is 0 Å². The molecule has 23 heavy (non-hydrogen) atoms. The Balaban J connectivity index is -0.000000138. The number of hydrogen-bond donors (Lipinski definition) is 0. The molecule has 0 aromatic carbocycles. The molecule has 0 N–H and O–H groups in total. The molecule has 0 aliphatic rings. The highest BCUT2D eigenvalue weighted by Gasteiger charge is 1.95. The average Bonchev–Trinajstić information content (AvgIpc) is 2.38. The fourth-order valence-electron chi connectivity index (χ4n) is 1.86. The normalized spacial score (nSPS) is 11.3. The Morgan fingerprint density at radius 3 is 1.43 bits per heavy atom. The summed E-state index contributed by atoms with van der Waals surface area (Å²) in [5.41, 5.74) is 1.37. The zero-order valence-electron chi connectivity index (χ0n) is 16.4. The van der Waals surface area contributed by atoms with Crippen LogP contribution in [-0.4, -0.2) is 0 Å². The quantitative estimate of drug-likeness (QED) is 0.219. The van der Waals surface area contributed by atoms with Crippen LogP contribution in [0.15, 0.2) is 23.8 Å². The SMILES string of the molecule is C.CC(/C=C\C(C)C)=C/C(C)C.CC(C)CCCC(C)C.II. The van der Waals surface area contributed by atoms with Gasteiger partial charge in [-0.15, -0.1) is 0 Å². The molecular formula is C21H44I2. The van der Waals surface area contributed by atoms with Crippen molar-refractivity contribution in [1.29, 1.82) is 0 Å². The lowest BCUT2D eigenvalue weighted by Gasteiger charge is -2.05. The third kappa shape index (κ3) is 39.6. The number of halogens is 2. The summed E-state index contributed by atoms with van der Waals surface area (Å²) in [6.07, 6.45) is 10.9. The Bertz CT molecular complexity index is 253. The second kappa shape index (κ2) is 22.9. The van der Waals surface area contributed by atoms with E-state index >= 15 is 0 Å². The largest absolute Gasteiger partial charge is 0.0817 e. The first-order valence-electron chi connectivity index (χ1n) is 8.66. The molecule has 0 atom stereocenters. The van der Waals surface area contributed by atoms with Crippen LogP contribution in [0.1, 0.15) is 89.0 Å². The predicted octanol–water partition coefficient (Wildman–Crippen LogP) is 9.68. The molecule has 0 saturated heterocycles. The second-order valence-corrected chi connectivity index (χ2v) is 7.48. The van der Waals surface area contributed by atoms with Crippen molar-refractivity contribution in [2.75, 3.05) is 0 Å². The molecule has 0 spiro atoms. The third-order valence-corrected chi connectivity index (χ3v) is 2.90. The van der Waals surface area contributed by atoms with Gasteiger partial charge in [-0.3, -0.25) is 0 Å². The number of allylic oxidation sites excluding steroid dienone is 4. The summed E-state index contributed by atoms with van der Waals surface area (Å²) in [4.78, 5) is 0.